The summed E-state index contributed by atoms with van der Waals surface area (Å²) in [7, 11) is -1.38. The zero-order valence-corrected chi connectivity index (χ0v) is 15.3. The molecule has 0 aliphatic rings. The summed E-state index contributed by atoms with van der Waals surface area (Å²) in [6.07, 6.45) is 4.80. The lowest BCUT2D eigenvalue weighted by atomic mass is 9.96. The number of nitrogens with zero attached hydrogens (tertiary/aromatic N) is 3. The van der Waals surface area contributed by atoms with Crippen molar-refractivity contribution in [3.63, 3.8) is 0 Å². The number of anilines is 2. The quantitative estimate of drug-likeness (QED) is 0.750. The van der Waals surface area contributed by atoms with E-state index >= 15 is 0 Å². The number of aromatic nitrogens is 3. The fourth-order valence-electron chi connectivity index (χ4n) is 2.73. The third-order valence-electron chi connectivity index (χ3n) is 3.76. The van der Waals surface area contributed by atoms with Gasteiger partial charge in [0.15, 0.2) is 5.82 Å². The molecule has 0 amide bonds. The molecule has 3 N–H and O–H groups in total. The van der Waals surface area contributed by atoms with Crippen molar-refractivity contribution in [2.75, 3.05) is 16.7 Å². The van der Waals surface area contributed by atoms with Crippen molar-refractivity contribution in [2.24, 2.45) is 0 Å². The molecule has 1 aromatic carbocycles. The number of benzene rings is 1. The van der Waals surface area contributed by atoms with Crippen LogP contribution in [0.2, 0.25) is 0 Å². The summed E-state index contributed by atoms with van der Waals surface area (Å²) >= 11 is 0. The van der Waals surface area contributed by atoms with Gasteiger partial charge in [-0.2, -0.15) is 0 Å². The zero-order chi connectivity index (χ0) is 18.4. The van der Waals surface area contributed by atoms with Crippen molar-refractivity contribution in [1.29, 1.82) is 0 Å². The van der Waals surface area contributed by atoms with Gasteiger partial charge in [-0.3, -0.25) is 4.40 Å². The first-order valence-corrected chi connectivity index (χ1v) is 9.28. The lowest BCUT2D eigenvalue weighted by Crippen LogP contribution is -2.16. The molecule has 0 aliphatic heterocycles. The molecule has 0 aliphatic carbocycles. The summed E-state index contributed by atoms with van der Waals surface area (Å²) in [5.41, 5.74) is 7.19. The standard InChI is InChI=1S/C17H20FN5OS/c1-17(2,3)16-21-13(14-15(19)20-8-9-23(14)16)10-6-5-7-11(12(10)18)22-25(4)24/h5-9,22H,1-4H3,(H2,19,20). The van der Waals surface area contributed by atoms with Gasteiger partial charge in [0.25, 0.3) is 0 Å². The Bertz CT molecular complexity index is 977. The van der Waals surface area contributed by atoms with Crippen LogP contribution in [-0.4, -0.2) is 24.8 Å². The van der Waals surface area contributed by atoms with E-state index in [0.29, 0.717) is 11.2 Å². The molecule has 0 radical (unpaired) electrons. The summed E-state index contributed by atoms with van der Waals surface area (Å²) in [6.45, 7) is 6.07. The van der Waals surface area contributed by atoms with Crippen molar-refractivity contribution in [3.8, 4) is 11.3 Å². The first-order chi connectivity index (χ1) is 11.7. The zero-order valence-electron chi connectivity index (χ0n) is 14.5. The van der Waals surface area contributed by atoms with Gasteiger partial charge in [-0.25, -0.2) is 18.6 Å². The molecule has 6 nitrogen and oxygen atoms in total. The Kier molecular flexibility index (Phi) is 4.24. The van der Waals surface area contributed by atoms with Crippen molar-refractivity contribution in [3.05, 3.63) is 42.2 Å². The predicted octanol–water partition coefficient (Wildman–Crippen LogP) is 3.12. The van der Waals surface area contributed by atoms with Gasteiger partial charge in [-0.1, -0.05) is 26.8 Å². The molecular formula is C17H20FN5OS. The van der Waals surface area contributed by atoms with Crippen molar-refractivity contribution in [1.82, 2.24) is 14.4 Å². The molecule has 1 atom stereocenters. The van der Waals surface area contributed by atoms with Crippen molar-refractivity contribution >= 4 is 28.0 Å². The number of rotatable bonds is 3. The predicted molar refractivity (Wildman–Crippen MR) is 99.2 cm³/mol. The summed E-state index contributed by atoms with van der Waals surface area (Å²) < 4.78 is 30.8. The summed E-state index contributed by atoms with van der Waals surface area (Å²) in [5.74, 6) is 0.502. The van der Waals surface area contributed by atoms with Crippen LogP contribution in [0.4, 0.5) is 15.9 Å². The largest absolute Gasteiger partial charge is 0.382 e. The number of halogens is 1. The van der Waals surface area contributed by atoms with Crippen molar-refractivity contribution < 1.29 is 8.60 Å². The van der Waals surface area contributed by atoms with Gasteiger partial charge in [-0.15, -0.1) is 0 Å². The van der Waals surface area contributed by atoms with Crippen LogP contribution in [0.5, 0.6) is 0 Å². The SMILES string of the molecule is CS(=O)Nc1cccc(-c2nc(C(C)(C)C)n3ccnc(N)c23)c1F. The number of nitrogen functional groups attached to an aromatic ring is 1. The topological polar surface area (TPSA) is 85.3 Å². The third-order valence-corrected chi connectivity index (χ3v) is 4.27. The second-order valence-electron chi connectivity index (χ2n) is 6.79. The van der Waals surface area contributed by atoms with Crippen molar-refractivity contribution in [2.45, 2.75) is 26.2 Å². The number of nitrogens with one attached hydrogen (secondary N) is 1. The number of fused-ring (bicyclic) bond motifs is 1. The lowest BCUT2D eigenvalue weighted by molar-refractivity contribution is 0.543. The fourth-order valence-corrected chi connectivity index (χ4v) is 3.20. The number of nitrogens with two attached hydrogens (primary N) is 1. The molecule has 3 aromatic rings. The molecule has 0 saturated heterocycles. The third kappa shape index (κ3) is 3.09. The van der Waals surface area contributed by atoms with Crippen LogP contribution in [0.1, 0.15) is 26.6 Å². The van der Waals surface area contributed by atoms with E-state index in [1.807, 2.05) is 25.2 Å². The van der Waals surface area contributed by atoms with Crippen LogP contribution in [-0.2, 0) is 16.4 Å². The monoisotopic (exact) mass is 361 g/mol. The van der Waals surface area contributed by atoms with E-state index in [2.05, 4.69) is 14.7 Å². The Morgan fingerprint density at radius 2 is 2.04 bits per heavy atom. The molecule has 1 unspecified atom stereocenters. The van der Waals surface area contributed by atoms with E-state index in [1.54, 1.807) is 24.5 Å². The van der Waals surface area contributed by atoms with Crippen LogP contribution < -0.4 is 10.5 Å². The highest BCUT2D eigenvalue weighted by Gasteiger charge is 2.26. The minimum Gasteiger partial charge on any atom is -0.382 e. The van der Waals surface area contributed by atoms with E-state index < -0.39 is 16.8 Å². The van der Waals surface area contributed by atoms with Gasteiger partial charge in [0, 0.05) is 29.6 Å². The molecule has 132 valence electrons. The molecular weight excluding hydrogens is 341 g/mol. The molecule has 0 spiro atoms. The van der Waals surface area contributed by atoms with Crippen LogP contribution in [0.3, 0.4) is 0 Å². The molecule has 8 heteroatoms. The first-order valence-electron chi connectivity index (χ1n) is 7.72. The van der Waals surface area contributed by atoms with E-state index in [9.17, 15) is 8.60 Å². The highest BCUT2D eigenvalue weighted by atomic mass is 32.2. The molecule has 2 aromatic heterocycles. The number of imidazole rings is 1. The van der Waals surface area contributed by atoms with Gasteiger partial charge >= 0.3 is 0 Å². The molecule has 0 saturated carbocycles. The van der Waals surface area contributed by atoms with Crippen LogP contribution in [0.25, 0.3) is 16.8 Å². The Balaban J connectivity index is 2.32. The molecule has 0 fully saturated rings. The highest BCUT2D eigenvalue weighted by Crippen LogP contribution is 2.35. The van der Waals surface area contributed by atoms with Crippen LogP contribution in [0, 0.1) is 5.82 Å². The summed E-state index contributed by atoms with van der Waals surface area (Å²) in [6, 6.07) is 4.84. The van der Waals surface area contributed by atoms with Gasteiger partial charge in [0.1, 0.15) is 33.8 Å². The Labute approximate surface area is 147 Å². The normalized spacial score (nSPS) is 13.2. The second kappa shape index (κ2) is 6.11. The maximum Gasteiger partial charge on any atom is 0.156 e. The average molecular weight is 361 g/mol. The van der Waals surface area contributed by atoms with Gasteiger partial charge < -0.3 is 10.5 Å². The molecule has 2 heterocycles. The minimum atomic E-state index is -1.38. The fraction of sp³-hybridized carbons (Fsp3) is 0.294. The Hall–Kier alpha value is -2.48. The number of hydrogen-bond donors (Lipinski definition) is 2. The Morgan fingerprint density at radius 3 is 2.68 bits per heavy atom. The summed E-state index contributed by atoms with van der Waals surface area (Å²) in [5, 5.41) is 0. The smallest absolute Gasteiger partial charge is 0.156 e. The van der Waals surface area contributed by atoms with Gasteiger partial charge in [0.2, 0.25) is 0 Å². The Morgan fingerprint density at radius 1 is 1.32 bits per heavy atom. The van der Waals surface area contributed by atoms with E-state index in [4.69, 9.17) is 5.73 Å². The van der Waals surface area contributed by atoms with E-state index in [0.717, 1.165) is 5.82 Å². The molecule has 0 bridgehead atoms. The van der Waals surface area contributed by atoms with Crippen LogP contribution in [0.15, 0.2) is 30.6 Å². The minimum absolute atomic E-state index is 0.152. The lowest BCUT2D eigenvalue weighted by Gasteiger charge is -2.16. The average Bonchev–Trinajstić information content (AvgIpc) is 2.90. The maximum absolute atomic E-state index is 15.0. The van der Waals surface area contributed by atoms with Crippen LogP contribution >= 0.6 is 0 Å². The molecule has 3 rings (SSSR count). The molecule has 25 heavy (non-hydrogen) atoms. The first kappa shape index (κ1) is 17.3. The van der Waals surface area contributed by atoms with E-state index in [-0.39, 0.29) is 22.5 Å². The summed E-state index contributed by atoms with van der Waals surface area (Å²) in [4.78, 5) is 8.79. The van der Waals surface area contributed by atoms with Gasteiger partial charge in [0.05, 0.1) is 5.69 Å². The van der Waals surface area contributed by atoms with E-state index in [1.165, 1.54) is 12.3 Å². The van der Waals surface area contributed by atoms with Gasteiger partial charge in [-0.05, 0) is 12.1 Å². The second-order valence-corrected chi connectivity index (χ2v) is 7.90. The highest BCUT2D eigenvalue weighted by molar-refractivity contribution is 7.85. The maximum atomic E-state index is 15.0. The number of hydrogen-bond acceptors (Lipinski definition) is 4.